The van der Waals surface area contributed by atoms with Crippen molar-refractivity contribution in [3.8, 4) is 0 Å². The fourth-order valence-electron chi connectivity index (χ4n) is 0.997. The third-order valence-electron chi connectivity index (χ3n) is 1.66. The van der Waals surface area contributed by atoms with E-state index in [-0.39, 0.29) is 5.78 Å². The molecule has 0 fully saturated rings. The first-order chi connectivity index (χ1) is 6.13. The Balaban J connectivity index is 3.17. The van der Waals surface area contributed by atoms with Gasteiger partial charge in [-0.25, -0.2) is 4.79 Å². The number of Topliss-reactive ketones (excluding diaryl/α,β-unsaturated/α-hetero) is 1. The highest BCUT2D eigenvalue weighted by atomic mass is 16.4. The number of carboxylic acids is 1. The minimum absolute atomic E-state index is 0.223. The predicted octanol–water partition coefficient (Wildman–Crippen LogP) is 2.17. The second-order valence-corrected chi connectivity index (χ2v) is 3.04. The standard InChI is InChI=1S/C10H16O3/c1-9(11)7-5-3-2-4-6-8-10(12)13/h6,8H,2-5,7H2,1H3,(H,12,13). The first kappa shape index (κ1) is 11.9. The van der Waals surface area contributed by atoms with E-state index in [0.29, 0.717) is 6.42 Å². The number of carboxylic acid groups (broad SMARTS) is 1. The lowest BCUT2D eigenvalue weighted by molar-refractivity contribution is -0.131. The predicted molar refractivity (Wildman–Crippen MR) is 50.5 cm³/mol. The molecule has 0 saturated carbocycles. The lowest BCUT2D eigenvalue weighted by Gasteiger charge is -1.95. The molecule has 0 amide bonds. The molecule has 0 rings (SSSR count). The van der Waals surface area contributed by atoms with Crippen LogP contribution in [0.5, 0.6) is 0 Å². The van der Waals surface area contributed by atoms with Crippen molar-refractivity contribution in [2.24, 2.45) is 0 Å². The normalized spacial score (nSPS) is 10.5. The minimum Gasteiger partial charge on any atom is -0.478 e. The van der Waals surface area contributed by atoms with Crippen molar-refractivity contribution in [3.05, 3.63) is 12.2 Å². The molecule has 0 bridgehead atoms. The highest BCUT2D eigenvalue weighted by Crippen LogP contribution is 2.03. The van der Waals surface area contributed by atoms with Crippen LogP contribution < -0.4 is 0 Å². The molecule has 0 aliphatic rings. The van der Waals surface area contributed by atoms with E-state index >= 15 is 0 Å². The summed E-state index contributed by atoms with van der Waals surface area (Å²) in [5, 5.41) is 8.26. The van der Waals surface area contributed by atoms with Gasteiger partial charge in [0, 0.05) is 12.5 Å². The monoisotopic (exact) mass is 184 g/mol. The molecule has 0 aliphatic heterocycles. The van der Waals surface area contributed by atoms with E-state index in [1.807, 2.05) is 0 Å². The van der Waals surface area contributed by atoms with Gasteiger partial charge in [0.25, 0.3) is 0 Å². The van der Waals surface area contributed by atoms with E-state index in [2.05, 4.69) is 0 Å². The van der Waals surface area contributed by atoms with Crippen molar-refractivity contribution in [2.45, 2.75) is 39.0 Å². The molecule has 74 valence electrons. The summed E-state index contributed by atoms with van der Waals surface area (Å²) in [6, 6.07) is 0. The van der Waals surface area contributed by atoms with Gasteiger partial charge in [-0.3, -0.25) is 0 Å². The van der Waals surface area contributed by atoms with Crippen LogP contribution in [0.1, 0.15) is 39.0 Å². The smallest absolute Gasteiger partial charge is 0.327 e. The highest BCUT2D eigenvalue weighted by molar-refractivity contribution is 5.79. The summed E-state index contributed by atoms with van der Waals surface area (Å²) >= 11 is 0. The third-order valence-corrected chi connectivity index (χ3v) is 1.66. The van der Waals surface area contributed by atoms with Crippen LogP contribution in [-0.4, -0.2) is 16.9 Å². The van der Waals surface area contributed by atoms with Crippen LogP contribution in [-0.2, 0) is 9.59 Å². The molecule has 0 radical (unpaired) electrons. The van der Waals surface area contributed by atoms with E-state index in [9.17, 15) is 9.59 Å². The Labute approximate surface area is 78.5 Å². The SMILES string of the molecule is CC(=O)CCCCCC=CC(=O)O. The van der Waals surface area contributed by atoms with Crippen LogP contribution in [0, 0.1) is 0 Å². The Kier molecular flexibility index (Phi) is 6.88. The van der Waals surface area contributed by atoms with E-state index in [1.54, 1.807) is 13.0 Å². The number of aliphatic carboxylic acids is 1. The van der Waals surface area contributed by atoms with Crippen molar-refractivity contribution >= 4 is 11.8 Å². The van der Waals surface area contributed by atoms with Gasteiger partial charge in [-0.15, -0.1) is 0 Å². The van der Waals surface area contributed by atoms with Crippen molar-refractivity contribution in [3.63, 3.8) is 0 Å². The lowest BCUT2D eigenvalue weighted by atomic mass is 10.1. The second-order valence-electron chi connectivity index (χ2n) is 3.04. The molecule has 3 heteroatoms. The van der Waals surface area contributed by atoms with Crippen LogP contribution in [0.4, 0.5) is 0 Å². The van der Waals surface area contributed by atoms with E-state index in [4.69, 9.17) is 5.11 Å². The zero-order valence-electron chi connectivity index (χ0n) is 7.95. The third kappa shape index (κ3) is 10.9. The number of carbonyl (C=O) groups excluding carboxylic acids is 1. The number of hydrogen-bond acceptors (Lipinski definition) is 2. The quantitative estimate of drug-likeness (QED) is 0.487. The molecule has 0 aromatic heterocycles. The molecule has 13 heavy (non-hydrogen) atoms. The van der Waals surface area contributed by atoms with Crippen molar-refractivity contribution in [1.29, 1.82) is 0 Å². The van der Waals surface area contributed by atoms with Gasteiger partial charge < -0.3 is 9.90 Å². The average molecular weight is 184 g/mol. The Bertz CT molecular complexity index is 194. The molecule has 0 spiro atoms. The summed E-state index contributed by atoms with van der Waals surface area (Å²) in [6.45, 7) is 1.59. The molecule has 0 aliphatic carbocycles. The van der Waals surface area contributed by atoms with E-state index in [0.717, 1.165) is 31.8 Å². The average Bonchev–Trinajstić information content (AvgIpc) is 2.01. The topological polar surface area (TPSA) is 54.4 Å². The fourth-order valence-corrected chi connectivity index (χ4v) is 0.997. The Morgan fingerprint density at radius 3 is 2.46 bits per heavy atom. The van der Waals surface area contributed by atoms with Gasteiger partial charge in [0.15, 0.2) is 0 Å². The molecular formula is C10H16O3. The minimum atomic E-state index is -0.899. The Morgan fingerprint density at radius 1 is 1.23 bits per heavy atom. The first-order valence-electron chi connectivity index (χ1n) is 4.52. The molecule has 0 saturated heterocycles. The largest absolute Gasteiger partial charge is 0.478 e. The summed E-state index contributed by atoms with van der Waals surface area (Å²) in [4.78, 5) is 20.6. The lowest BCUT2D eigenvalue weighted by Crippen LogP contribution is -1.89. The van der Waals surface area contributed by atoms with Gasteiger partial charge in [-0.1, -0.05) is 12.5 Å². The number of unbranched alkanes of at least 4 members (excludes halogenated alkanes) is 3. The summed E-state index contributed by atoms with van der Waals surface area (Å²) in [5.41, 5.74) is 0. The molecule has 0 atom stereocenters. The van der Waals surface area contributed by atoms with Crippen molar-refractivity contribution in [2.75, 3.05) is 0 Å². The van der Waals surface area contributed by atoms with Gasteiger partial charge in [0.05, 0.1) is 0 Å². The number of carbonyl (C=O) groups is 2. The van der Waals surface area contributed by atoms with Crippen LogP contribution in [0.2, 0.25) is 0 Å². The Hall–Kier alpha value is -1.12. The van der Waals surface area contributed by atoms with Gasteiger partial charge in [-0.05, 0) is 26.2 Å². The first-order valence-corrected chi connectivity index (χ1v) is 4.52. The van der Waals surface area contributed by atoms with Crippen LogP contribution in [0.3, 0.4) is 0 Å². The van der Waals surface area contributed by atoms with Gasteiger partial charge >= 0.3 is 5.97 Å². The molecule has 1 N–H and O–H groups in total. The number of hydrogen-bond donors (Lipinski definition) is 1. The number of ketones is 1. The molecular weight excluding hydrogens is 168 g/mol. The Morgan fingerprint density at radius 2 is 1.92 bits per heavy atom. The van der Waals surface area contributed by atoms with Crippen LogP contribution in [0.25, 0.3) is 0 Å². The summed E-state index contributed by atoms with van der Waals surface area (Å²) in [6.07, 6.45) is 7.09. The van der Waals surface area contributed by atoms with Crippen LogP contribution in [0.15, 0.2) is 12.2 Å². The molecule has 0 unspecified atom stereocenters. The van der Waals surface area contributed by atoms with Crippen LogP contribution >= 0.6 is 0 Å². The van der Waals surface area contributed by atoms with E-state index in [1.165, 1.54) is 0 Å². The van der Waals surface area contributed by atoms with E-state index < -0.39 is 5.97 Å². The summed E-state index contributed by atoms with van der Waals surface area (Å²) < 4.78 is 0. The van der Waals surface area contributed by atoms with Gasteiger partial charge in [-0.2, -0.15) is 0 Å². The maximum atomic E-state index is 10.5. The van der Waals surface area contributed by atoms with Gasteiger partial charge in [0.1, 0.15) is 5.78 Å². The highest BCUT2D eigenvalue weighted by Gasteiger charge is 1.92. The second kappa shape index (κ2) is 7.53. The summed E-state index contributed by atoms with van der Waals surface area (Å²) in [5.74, 6) is -0.676. The number of allylic oxidation sites excluding steroid dienone is 1. The molecule has 3 nitrogen and oxygen atoms in total. The number of rotatable bonds is 7. The maximum Gasteiger partial charge on any atom is 0.327 e. The molecule has 0 heterocycles. The molecule has 0 aromatic rings. The fraction of sp³-hybridized carbons (Fsp3) is 0.600. The van der Waals surface area contributed by atoms with Gasteiger partial charge in [0.2, 0.25) is 0 Å². The molecule has 0 aromatic carbocycles. The zero-order valence-corrected chi connectivity index (χ0v) is 7.95. The van der Waals surface area contributed by atoms with Crippen molar-refractivity contribution in [1.82, 2.24) is 0 Å². The summed E-state index contributed by atoms with van der Waals surface area (Å²) in [7, 11) is 0. The maximum absolute atomic E-state index is 10.5. The van der Waals surface area contributed by atoms with Crippen molar-refractivity contribution < 1.29 is 14.7 Å². The zero-order chi connectivity index (χ0) is 10.1.